The van der Waals surface area contributed by atoms with Crippen LogP contribution in [0.4, 0.5) is 0 Å². The number of carbonyl (C=O) groups is 1. The molecule has 0 aromatic heterocycles. The molecule has 1 heterocycles. The summed E-state index contributed by atoms with van der Waals surface area (Å²) in [4.78, 5) is 15.8. The zero-order chi connectivity index (χ0) is 8.81. The Morgan fingerprint density at radius 1 is 1.67 bits per heavy atom. The molecule has 0 spiro atoms. The minimum absolute atomic E-state index is 0.325. The van der Waals surface area contributed by atoms with E-state index in [0.717, 1.165) is 19.0 Å². The van der Waals surface area contributed by atoms with Crippen LogP contribution in [-0.4, -0.2) is 30.0 Å². The molecule has 1 amide bonds. The molecular weight excluding hydrogens is 179 g/mol. The van der Waals surface area contributed by atoms with Gasteiger partial charge in [0.25, 0.3) is 0 Å². The minimum atomic E-state index is -0.588. The van der Waals surface area contributed by atoms with Gasteiger partial charge in [0.15, 0.2) is 0 Å². The highest BCUT2D eigenvalue weighted by Crippen LogP contribution is 2.32. The van der Waals surface area contributed by atoms with Crippen LogP contribution in [0.1, 0.15) is 12.8 Å². The summed E-state index contributed by atoms with van der Waals surface area (Å²) in [6.45, 7) is 0.708. The van der Waals surface area contributed by atoms with Gasteiger partial charge in [0.05, 0.1) is 12.8 Å². The van der Waals surface area contributed by atoms with E-state index in [-0.39, 0.29) is 5.91 Å². The Bertz CT molecular complexity index is 148. The van der Waals surface area contributed by atoms with Crippen LogP contribution in [0.2, 0.25) is 0 Å². The molecule has 1 rings (SSSR count). The molecule has 0 aromatic rings. The van der Waals surface area contributed by atoms with E-state index in [4.69, 9.17) is 10.0 Å². The standard InChI is InChI=1S/C6H13N2O3P/c9-6(7-10)5-12-4-2-1-3-11-8-12/h8,10H,1-5H2,(H,7,9). The zero-order valence-electron chi connectivity index (χ0n) is 6.75. The van der Waals surface area contributed by atoms with Crippen LogP contribution in [0.5, 0.6) is 0 Å². The third-order valence-electron chi connectivity index (χ3n) is 1.58. The van der Waals surface area contributed by atoms with E-state index in [9.17, 15) is 4.79 Å². The van der Waals surface area contributed by atoms with Gasteiger partial charge in [0, 0.05) is 0 Å². The number of rotatable bonds is 2. The van der Waals surface area contributed by atoms with Gasteiger partial charge in [-0.05, 0) is 27.1 Å². The van der Waals surface area contributed by atoms with E-state index in [0.29, 0.717) is 12.8 Å². The van der Waals surface area contributed by atoms with Crippen LogP contribution in [0.15, 0.2) is 0 Å². The van der Waals surface area contributed by atoms with E-state index in [2.05, 4.69) is 5.25 Å². The van der Waals surface area contributed by atoms with Gasteiger partial charge in [-0.15, -0.1) is 0 Å². The Labute approximate surface area is 72.2 Å². The number of amides is 1. The number of hydroxylamine groups is 1. The third kappa shape index (κ3) is 3.45. The smallest absolute Gasteiger partial charge is 0.248 e. The van der Waals surface area contributed by atoms with Crippen molar-refractivity contribution in [1.29, 1.82) is 0 Å². The Balaban J connectivity index is 2.24. The second-order valence-electron chi connectivity index (χ2n) is 2.60. The summed E-state index contributed by atoms with van der Waals surface area (Å²) in [6, 6.07) is 0. The summed E-state index contributed by atoms with van der Waals surface area (Å²) < 4.78 is 0. The number of nitrogens with one attached hydrogen (secondary N) is 2. The first kappa shape index (κ1) is 9.86. The van der Waals surface area contributed by atoms with Crippen molar-refractivity contribution in [2.75, 3.05) is 18.9 Å². The lowest BCUT2D eigenvalue weighted by Gasteiger charge is -2.12. The first-order chi connectivity index (χ1) is 5.83. The van der Waals surface area contributed by atoms with Crippen molar-refractivity contribution in [2.24, 2.45) is 0 Å². The van der Waals surface area contributed by atoms with Gasteiger partial charge >= 0.3 is 0 Å². The Hall–Kier alpha value is -0.220. The van der Waals surface area contributed by atoms with Gasteiger partial charge in [0.2, 0.25) is 5.91 Å². The molecule has 0 aromatic carbocycles. The third-order valence-corrected chi connectivity index (χ3v) is 3.49. The Kier molecular flexibility index (Phi) is 4.46. The predicted octanol–water partition coefficient (Wildman–Crippen LogP) is 0.204. The largest absolute Gasteiger partial charge is 0.298 e. The summed E-state index contributed by atoms with van der Waals surface area (Å²) in [6.07, 6.45) is 3.42. The van der Waals surface area contributed by atoms with Gasteiger partial charge in [-0.25, -0.2) is 5.48 Å². The molecule has 0 saturated carbocycles. The monoisotopic (exact) mass is 192 g/mol. The number of carbonyl (C=O) groups excluding carboxylic acids is 1. The molecule has 1 unspecified atom stereocenters. The van der Waals surface area contributed by atoms with Crippen molar-refractivity contribution >= 4 is 14.0 Å². The average molecular weight is 192 g/mol. The van der Waals surface area contributed by atoms with Crippen LogP contribution in [-0.2, 0) is 9.63 Å². The predicted molar refractivity (Wildman–Crippen MR) is 44.9 cm³/mol. The average Bonchev–Trinajstić information content (AvgIpc) is 2.33. The van der Waals surface area contributed by atoms with Crippen molar-refractivity contribution in [2.45, 2.75) is 12.8 Å². The van der Waals surface area contributed by atoms with E-state index < -0.39 is 8.07 Å². The highest BCUT2D eigenvalue weighted by atomic mass is 31.1. The van der Waals surface area contributed by atoms with Crippen molar-refractivity contribution in [3.05, 3.63) is 0 Å². The van der Waals surface area contributed by atoms with E-state index in [1.807, 2.05) is 0 Å². The van der Waals surface area contributed by atoms with Crippen LogP contribution >= 0.6 is 8.07 Å². The summed E-state index contributed by atoms with van der Waals surface area (Å²) >= 11 is 0. The van der Waals surface area contributed by atoms with Crippen molar-refractivity contribution in [3.63, 3.8) is 0 Å². The first-order valence-electron chi connectivity index (χ1n) is 3.88. The van der Waals surface area contributed by atoms with Crippen LogP contribution in [0.3, 0.4) is 0 Å². The summed E-state index contributed by atoms with van der Waals surface area (Å²) in [5.41, 5.74) is 1.61. The molecular formula is C6H13N2O3P. The van der Waals surface area contributed by atoms with Gasteiger partial charge < -0.3 is 0 Å². The van der Waals surface area contributed by atoms with Gasteiger partial charge in [-0.3, -0.25) is 14.8 Å². The molecule has 70 valence electrons. The molecule has 1 saturated heterocycles. The second-order valence-corrected chi connectivity index (χ2v) is 4.63. The molecule has 1 aliphatic rings. The lowest BCUT2D eigenvalue weighted by Crippen LogP contribution is -2.24. The van der Waals surface area contributed by atoms with Gasteiger partial charge in [-0.1, -0.05) is 0 Å². The molecule has 1 atom stereocenters. The van der Waals surface area contributed by atoms with Crippen molar-refractivity contribution in [3.8, 4) is 0 Å². The summed E-state index contributed by atoms with van der Waals surface area (Å²) in [5.74, 6) is -0.348. The number of hydrogen-bond acceptors (Lipinski definition) is 4. The minimum Gasteiger partial charge on any atom is -0.298 e. The van der Waals surface area contributed by atoms with Crippen LogP contribution in [0, 0.1) is 0 Å². The highest BCUT2D eigenvalue weighted by molar-refractivity contribution is 7.56. The molecule has 0 aliphatic carbocycles. The van der Waals surface area contributed by atoms with Gasteiger partial charge in [0.1, 0.15) is 0 Å². The highest BCUT2D eigenvalue weighted by Gasteiger charge is 2.14. The fourth-order valence-corrected chi connectivity index (χ4v) is 2.59. The quantitative estimate of drug-likeness (QED) is 0.332. The SMILES string of the molecule is O=C(CP1CCCCON1)NO. The Morgan fingerprint density at radius 2 is 2.50 bits per heavy atom. The van der Waals surface area contributed by atoms with E-state index in [1.54, 1.807) is 5.48 Å². The van der Waals surface area contributed by atoms with Crippen LogP contribution < -0.4 is 10.7 Å². The normalized spacial score (nSPS) is 24.6. The zero-order valence-corrected chi connectivity index (χ0v) is 7.64. The maximum atomic E-state index is 10.8. The topological polar surface area (TPSA) is 70.6 Å². The molecule has 6 heteroatoms. The molecule has 0 radical (unpaired) electrons. The lowest BCUT2D eigenvalue weighted by molar-refractivity contribution is -0.126. The molecule has 3 N–H and O–H groups in total. The second kappa shape index (κ2) is 5.43. The fraction of sp³-hybridized carbons (Fsp3) is 0.833. The van der Waals surface area contributed by atoms with Gasteiger partial charge in [-0.2, -0.15) is 5.25 Å². The molecule has 5 nitrogen and oxygen atoms in total. The maximum absolute atomic E-state index is 10.8. The Morgan fingerprint density at radius 3 is 3.25 bits per heavy atom. The van der Waals surface area contributed by atoms with Crippen molar-refractivity contribution in [1.82, 2.24) is 10.7 Å². The van der Waals surface area contributed by atoms with Crippen LogP contribution in [0.25, 0.3) is 0 Å². The van der Waals surface area contributed by atoms with E-state index in [1.165, 1.54) is 0 Å². The maximum Gasteiger partial charge on any atom is 0.248 e. The molecule has 0 bridgehead atoms. The fourth-order valence-electron chi connectivity index (χ4n) is 0.980. The molecule has 1 aliphatic heterocycles. The number of hydrogen-bond donors (Lipinski definition) is 3. The molecule has 1 fully saturated rings. The summed E-state index contributed by atoms with van der Waals surface area (Å²) in [7, 11) is -0.588. The first-order valence-corrected chi connectivity index (χ1v) is 5.59. The summed E-state index contributed by atoms with van der Waals surface area (Å²) in [5, 5.41) is 11.1. The lowest BCUT2D eigenvalue weighted by atomic mass is 10.4. The molecule has 12 heavy (non-hydrogen) atoms. The van der Waals surface area contributed by atoms with E-state index >= 15 is 0 Å². The van der Waals surface area contributed by atoms with Crippen molar-refractivity contribution < 1.29 is 14.8 Å².